The number of likely N-dealkylation sites (tertiary alicyclic amines) is 1. The molecular weight excluding hydrogens is 477 g/mol. The first kappa shape index (κ1) is 26.6. The van der Waals surface area contributed by atoms with Crippen molar-refractivity contribution in [2.45, 2.75) is 51.9 Å². The molecule has 0 unspecified atom stereocenters. The third kappa shape index (κ3) is 7.74. The lowest BCUT2D eigenvalue weighted by atomic mass is 10.1. The number of halogens is 1. The first-order chi connectivity index (χ1) is 17.7. The summed E-state index contributed by atoms with van der Waals surface area (Å²) >= 11 is 0. The number of anilines is 1. The van der Waals surface area contributed by atoms with Crippen LogP contribution < -0.4 is 9.64 Å². The quantitative estimate of drug-likeness (QED) is 0.557. The number of piperazine rings is 1. The number of ether oxygens (including phenoxy) is 3. The summed E-state index contributed by atoms with van der Waals surface area (Å²) in [6.07, 6.45) is 0.505. The van der Waals surface area contributed by atoms with Crippen LogP contribution in [0, 0.1) is 5.82 Å². The molecule has 37 heavy (non-hydrogen) atoms. The van der Waals surface area contributed by atoms with Crippen molar-refractivity contribution in [2.75, 3.05) is 44.2 Å². The number of amides is 2. The van der Waals surface area contributed by atoms with Gasteiger partial charge in [-0.15, -0.1) is 0 Å². The van der Waals surface area contributed by atoms with Crippen molar-refractivity contribution in [1.29, 1.82) is 0 Å². The zero-order chi connectivity index (χ0) is 26.4. The number of nitrogens with zero attached hydrogens (tertiary/aromatic N) is 3. The Balaban J connectivity index is 1.25. The number of hydrogen-bond acceptors (Lipinski definition) is 6. The Labute approximate surface area is 217 Å². The molecule has 8 nitrogen and oxygen atoms in total. The number of rotatable bonds is 5. The van der Waals surface area contributed by atoms with Gasteiger partial charge in [-0.1, -0.05) is 30.3 Å². The molecule has 0 bridgehead atoms. The Morgan fingerprint density at radius 2 is 1.54 bits per heavy atom. The SMILES string of the molecule is CC(C)(C)OC(=O)N1CCN(c2cc(F)cc(OC3CCN(C(=O)OCc4ccccc4)CC3)c2)CC1. The third-order valence-electron chi connectivity index (χ3n) is 6.36. The van der Waals surface area contributed by atoms with E-state index in [-0.39, 0.29) is 30.7 Å². The summed E-state index contributed by atoms with van der Waals surface area (Å²) in [4.78, 5) is 30.1. The van der Waals surface area contributed by atoms with Crippen molar-refractivity contribution in [3.63, 3.8) is 0 Å². The monoisotopic (exact) mass is 513 g/mol. The van der Waals surface area contributed by atoms with Crippen LogP contribution in [0.3, 0.4) is 0 Å². The lowest BCUT2D eigenvalue weighted by Gasteiger charge is -2.37. The van der Waals surface area contributed by atoms with Gasteiger partial charge in [0, 0.05) is 69.9 Å². The largest absolute Gasteiger partial charge is 0.490 e. The molecule has 4 rings (SSSR count). The van der Waals surface area contributed by atoms with Crippen LogP contribution in [0.2, 0.25) is 0 Å². The lowest BCUT2D eigenvalue weighted by Crippen LogP contribution is -2.50. The molecule has 0 N–H and O–H groups in total. The summed E-state index contributed by atoms with van der Waals surface area (Å²) in [5, 5.41) is 0. The van der Waals surface area contributed by atoms with Gasteiger partial charge < -0.3 is 28.9 Å². The molecule has 200 valence electrons. The maximum absolute atomic E-state index is 14.5. The molecule has 2 saturated heterocycles. The minimum atomic E-state index is -0.540. The van der Waals surface area contributed by atoms with Crippen LogP contribution in [0.1, 0.15) is 39.2 Å². The van der Waals surface area contributed by atoms with Crippen molar-refractivity contribution in [3.05, 3.63) is 59.9 Å². The van der Waals surface area contributed by atoms with E-state index < -0.39 is 5.60 Å². The fraction of sp³-hybridized carbons (Fsp3) is 0.500. The predicted molar refractivity (Wildman–Crippen MR) is 138 cm³/mol. The molecule has 9 heteroatoms. The van der Waals surface area contributed by atoms with Gasteiger partial charge in [0.2, 0.25) is 0 Å². The Bertz CT molecular complexity index is 1060. The van der Waals surface area contributed by atoms with E-state index in [2.05, 4.69) is 0 Å². The Hall–Kier alpha value is -3.49. The Morgan fingerprint density at radius 3 is 2.19 bits per heavy atom. The molecule has 2 fully saturated rings. The van der Waals surface area contributed by atoms with Crippen LogP contribution in [-0.4, -0.2) is 73.0 Å². The van der Waals surface area contributed by atoms with Gasteiger partial charge in [0.05, 0.1) is 0 Å². The van der Waals surface area contributed by atoms with Crippen LogP contribution in [0.4, 0.5) is 19.7 Å². The summed E-state index contributed by atoms with van der Waals surface area (Å²) in [6, 6.07) is 14.3. The number of piperidine rings is 1. The second-order valence-corrected chi connectivity index (χ2v) is 10.4. The molecule has 2 heterocycles. The molecule has 0 aromatic heterocycles. The van der Waals surface area contributed by atoms with E-state index in [0.717, 1.165) is 11.3 Å². The van der Waals surface area contributed by atoms with E-state index in [1.54, 1.807) is 9.80 Å². The van der Waals surface area contributed by atoms with Gasteiger partial charge in [-0.2, -0.15) is 0 Å². The molecule has 0 atom stereocenters. The van der Waals surface area contributed by atoms with Crippen molar-refractivity contribution in [3.8, 4) is 5.75 Å². The van der Waals surface area contributed by atoms with Gasteiger partial charge >= 0.3 is 12.2 Å². The number of hydrogen-bond donors (Lipinski definition) is 0. The van der Waals surface area contributed by atoms with E-state index in [1.165, 1.54) is 12.1 Å². The molecule has 2 aromatic carbocycles. The highest BCUT2D eigenvalue weighted by Crippen LogP contribution is 2.27. The molecule has 0 radical (unpaired) electrons. The fourth-order valence-corrected chi connectivity index (χ4v) is 4.43. The number of carbonyl (C=O) groups is 2. The van der Waals surface area contributed by atoms with Crippen molar-refractivity contribution in [1.82, 2.24) is 9.80 Å². The average Bonchev–Trinajstić information content (AvgIpc) is 2.87. The maximum Gasteiger partial charge on any atom is 0.410 e. The summed E-state index contributed by atoms with van der Waals surface area (Å²) in [5.74, 6) is 0.0960. The van der Waals surface area contributed by atoms with Crippen LogP contribution in [0.25, 0.3) is 0 Å². The minimum Gasteiger partial charge on any atom is -0.490 e. The molecule has 2 aliphatic rings. The van der Waals surface area contributed by atoms with Gasteiger partial charge in [-0.3, -0.25) is 0 Å². The highest BCUT2D eigenvalue weighted by molar-refractivity contribution is 5.69. The molecule has 0 spiro atoms. The van der Waals surface area contributed by atoms with E-state index >= 15 is 0 Å². The van der Waals surface area contributed by atoms with Crippen LogP contribution >= 0.6 is 0 Å². The lowest BCUT2D eigenvalue weighted by molar-refractivity contribution is 0.0240. The summed E-state index contributed by atoms with van der Waals surface area (Å²) in [6.45, 7) is 8.97. The predicted octanol–water partition coefficient (Wildman–Crippen LogP) is 5.06. The maximum atomic E-state index is 14.5. The standard InChI is InChI=1S/C28H36FN3O5/c1-28(2,3)37-27(34)32-15-13-30(14-16-32)23-17-22(29)18-25(19-23)36-24-9-11-31(12-10-24)26(33)35-20-21-7-5-4-6-8-21/h4-8,17-19,24H,9-16,20H2,1-3H3. The first-order valence-corrected chi connectivity index (χ1v) is 12.8. The third-order valence-corrected chi connectivity index (χ3v) is 6.36. The second kappa shape index (κ2) is 11.7. The average molecular weight is 514 g/mol. The van der Waals surface area contributed by atoms with Crippen LogP contribution in [0.15, 0.2) is 48.5 Å². The molecule has 2 amide bonds. The van der Waals surface area contributed by atoms with Gasteiger partial charge in [0.25, 0.3) is 0 Å². The van der Waals surface area contributed by atoms with Gasteiger partial charge in [-0.25, -0.2) is 14.0 Å². The highest BCUT2D eigenvalue weighted by Gasteiger charge is 2.28. The van der Waals surface area contributed by atoms with E-state index in [4.69, 9.17) is 14.2 Å². The fourth-order valence-electron chi connectivity index (χ4n) is 4.43. The second-order valence-electron chi connectivity index (χ2n) is 10.4. The van der Waals surface area contributed by atoms with Crippen molar-refractivity contribution >= 4 is 17.9 Å². The first-order valence-electron chi connectivity index (χ1n) is 12.8. The summed E-state index contributed by atoms with van der Waals surface area (Å²) in [7, 11) is 0. The number of benzene rings is 2. The van der Waals surface area contributed by atoms with Gasteiger partial charge in [0.15, 0.2) is 0 Å². The van der Waals surface area contributed by atoms with Crippen molar-refractivity contribution < 1.29 is 28.2 Å². The molecule has 0 aliphatic carbocycles. The minimum absolute atomic E-state index is 0.114. The van der Waals surface area contributed by atoms with Crippen LogP contribution in [0.5, 0.6) is 5.75 Å². The topological polar surface area (TPSA) is 71.6 Å². The van der Waals surface area contributed by atoms with E-state index in [0.29, 0.717) is 57.9 Å². The normalized spacial score (nSPS) is 16.9. The zero-order valence-corrected chi connectivity index (χ0v) is 21.8. The zero-order valence-electron chi connectivity index (χ0n) is 21.8. The molecule has 2 aromatic rings. The Morgan fingerprint density at radius 1 is 0.892 bits per heavy atom. The Kier molecular flexibility index (Phi) is 8.41. The smallest absolute Gasteiger partial charge is 0.410 e. The molecule has 0 saturated carbocycles. The van der Waals surface area contributed by atoms with Gasteiger partial charge in [-0.05, 0) is 32.4 Å². The van der Waals surface area contributed by atoms with Crippen molar-refractivity contribution in [2.24, 2.45) is 0 Å². The number of carbonyl (C=O) groups excluding carboxylic acids is 2. The molecular formula is C28H36FN3O5. The summed E-state index contributed by atoms with van der Waals surface area (Å²) < 4.78 is 31.4. The highest BCUT2D eigenvalue weighted by atomic mass is 19.1. The summed E-state index contributed by atoms with van der Waals surface area (Å²) in [5.41, 5.74) is 1.13. The van der Waals surface area contributed by atoms with E-state index in [9.17, 15) is 14.0 Å². The van der Waals surface area contributed by atoms with Gasteiger partial charge in [0.1, 0.15) is 29.9 Å². The van der Waals surface area contributed by atoms with Crippen LogP contribution in [-0.2, 0) is 16.1 Å². The molecule has 2 aliphatic heterocycles. The van der Waals surface area contributed by atoms with E-state index in [1.807, 2.05) is 62.1 Å².